The number of ether oxygens (including phenoxy) is 3. The van der Waals surface area contributed by atoms with Gasteiger partial charge in [-0.2, -0.15) is 0 Å². The van der Waals surface area contributed by atoms with Crippen LogP contribution in [0.1, 0.15) is 150 Å². The Balaban J connectivity index is 3.34. The van der Waals surface area contributed by atoms with E-state index in [1.54, 1.807) is 0 Å². The standard InChI is InChI=1S/C45H84N2O6/c1-18-45(17,41(10,11)26-27-51-19-2)53-29-32(3)43(14,15)52-30-33(4)47-37(48)35(36(38(49)50)39(5,6)7)42(12,13)44(16,31-46)34-24-22-20-21-23-25-40(8,9)28-34/h20-23,32-36H,18-19,24-31,46H2,1-17H3,(H,47,48)(H,49,50)/b22-20-,23-21-. The monoisotopic (exact) mass is 749 g/mol. The van der Waals surface area contributed by atoms with Crippen molar-refractivity contribution in [1.82, 2.24) is 5.32 Å². The molecular formula is C45H84N2O6. The average molecular weight is 749 g/mol. The summed E-state index contributed by atoms with van der Waals surface area (Å²) in [5, 5.41) is 14.0. The van der Waals surface area contributed by atoms with Crippen LogP contribution >= 0.6 is 0 Å². The number of carbonyl (C=O) groups is 2. The van der Waals surface area contributed by atoms with Crippen LogP contribution in [0.2, 0.25) is 0 Å². The van der Waals surface area contributed by atoms with Crippen LogP contribution in [0.4, 0.5) is 0 Å². The van der Waals surface area contributed by atoms with Gasteiger partial charge in [0.1, 0.15) is 0 Å². The summed E-state index contributed by atoms with van der Waals surface area (Å²) in [4.78, 5) is 27.9. The highest BCUT2D eigenvalue weighted by atomic mass is 16.5. The number of carboxylic acid groups (broad SMARTS) is 1. The van der Waals surface area contributed by atoms with E-state index >= 15 is 0 Å². The van der Waals surface area contributed by atoms with Crippen LogP contribution in [-0.2, 0) is 23.8 Å². The molecule has 1 rings (SSSR count). The zero-order chi connectivity index (χ0) is 41.3. The van der Waals surface area contributed by atoms with Crippen LogP contribution in [0.5, 0.6) is 0 Å². The van der Waals surface area contributed by atoms with Crippen molar-refractivity contribution in [2.45, 2.75) is 167 Å². The van der Waals surface area contributed by atoms with E-state index in [1.807, 2.05) is 34.6 Å². The van der Waals surface area contributed by atoms with Gasteiger partial charge in [0.15, 0.2) is 0 Å². The molecule has 0 aromatic heterocycles. The molecule has 7 atom stereocenters. The molecule has 0 bridgehead atoms. The highest BCUT2D eigenvalue weighted by Gasteiger charge is 2.58. The van der Waals surface area contributed by atoms with Crippen molar-refractivity contribution >= 4 is 11.9 Å². The Morgan fingerprint density at radius 2 is 1.49 bits per heavy atom. The molecular weight excluding hydrogens is 665 g/mol. The summed E-state index contributed by atoms with van der Waals surface area (Å²) in [6.07, 6.45) is 13.0. The first kappa shape index (κ1) is 49.3. The van der Waals surface area contributed by atoms with E-state index in [2.05, 4.69) is 113 Å². The number of allylic oxidation sites excluding steroid dienone is 4. The lowest BCUT2D eigenvalue weighted by Crippen LogP contribution is -2.60. The predicted octanol–water partition coefficient (Wildman–Crippen LogP) is 9.85. The van der Waals surface area contributed by atoms with Crippen LogP contribution in [0, 0.1) is 50.7 Å². The number of aliphatic carboxylic acids is 1. The molecule has 0 saturated heterocycles. The molecule has 4 N–H and O–H groups in total. The molecule has 1 aliphatic rings. The van der Waals surface area contributed by atoms with E-state index in [9.17, 15) is 14.7 Å². The van der Waals surface area contributed by atoms with Gasteiger partial charge >= 0.3 is 5.97 Å². The summed E-state index contributed by atoms with van der Waals surface area (Å²) in [6.45, 7) is 38.3. The second-order valence-electron chi connectivity index (χ2n) is 20.3. The van der Waals surface area contributed by atoms with E-state index in [-0.39, 0.29) is 46.8 Å². The van der Waals surface area contributed by atoms with E-state index in [0.717, 1.165) is 32.1 Å². The minimum absolute atomic E-state index is 0.0173. The molecule has 0 fully saturated rings. The van der Waals surface area contributed by atoms with Crippen LogP contribution in [0.25, 0.3) is 0 Å². The summed E-state index contributed by atoms with van der Waals surface area (Å²) in [5.74, 6) is -2.84. The predicted molar refractivity (Wildman–Crippen MR) is 221 cm³/mol. The fourth-order valence-electron chi connectivity index (χ4n) is 8.20. The van der Waals surface area contributed by atoms with Crippen molar-refractivity contribution in [2.75, 3.05) is 33.0 Å². The minimum Gasteiger partial charge on any atom is -0.481 e. The molecule has 0 aromatic rings. The number of carbonyl (C=O) groups excluding carboxylic acids is 1. The van der Waals surface area contributed by atoms with E-state index in [4.69, 9.17) is 19.9 Å². The highest BCUT2D eigenvalue weighted by Crippen LogP contribution is 2.57. The van der Waals surface area contributed by atoms with Crippen LogP contribution in [-0.4, -0.2) is 67.2 Å². The molecule has 310 valence electrons. The van der Waals surface area contributed by atoms with Crippen molar-refractivity contribution in [1.29, 1.82) is 0 Å². The van der Waals surface area contributed by atoms with Gasteiger partial charge in [0.2, 0.25) is 5.91 Å². The molecule has 0 heterocycles. The SMILES string of the molecule is CCOCCC(C)(C)C(C)(CC)OCC(C)C(C)(C)OCC(C)NC(=O)C(C(C(=O)O)C(C)(C)C)C(C)(C)C(C)(CN)C1C/C=C\C=C/CC(C)(C)C1. The molecule has 0 aromatic carbocycles. The Morgan fingerprint density at radius 3 is 2.00 bits per heavy atom. The number of hydrogen-bond donors (Lipinski definition) is 3. The molecule has 0 saturated carbocycles. The quantitative estimate of drug-likeness (QED) is 0.100. The summed E-state index contributed by atoms with van der Waals surface area (Å²) in [5.41, 5.74) is 3.78. The summed E-state index contributed by atoms with van der Waals surface area (Å²) in [6, 6.07) is -0.358. The topological polar surface area (TPSA) is 120 Å². The van der Waals surface area contributed by atoms with Crippen molar-refractivity contribution in [2.24, 2.45) is 56.5 Å². The van der Waals surface area contributed by atoms with Gasteiger partial charge in [-0.15, -0.1) is 0 Å². The Hall–Kier alpha value is -1.74. The van der Waals surface area contributed by atoms with Crippen molar-refractivity contribution in [3.05, 3.63) is 24.3 Å². The van der Waals surface area contributed by atoms with E-state index in [1.165, 1.54) is 0 Å². The third kappa shape index (κ3) is 12.9. The number of nitrogens with two attached hydrogens (primary N) is 1. The number of nitrogens with one attached hydrogen (secondary N) is 1. The zero-order valence-corrected chi connectivity index (χ0v) is 37.3. The van der Waals surface area contributed by atoms with Crippen LogP contribution < -0.4 is 11.1 Å². The third-order valence-corrected chi connectivity index (χ3v) is 13.8. The largest absolute Gasteiger partial charge is 0.481 e. The second-order valence-corrected chi connectivity index (χ2v) is 20.3. The van der Waals surface area contributed by atoms with Gasteiger partial charge in [0.05, 0.1) is 36.3 Å². The van der Waals surface area contributed by atoms with Gasteiger partial charge in [-0.25, -0.2) is 0 Å². The number of rotatable bonds is 21. The Kier molecular flexibility index (Phi) is 18.1. The van der Waals surface area contributed by atoms with Crippen LogP contribution in [0.3, 0.4) is 0 Å². The average Bonchev–Trinajstić information content (AvgIpc) is 3.12. The summed E-state index contributed by atoms with van der Waals surface area (Å²) < 4.78 is 18.9. The van der Waals surface area contributed by atoms with Gasteiger partial charge in [-0.05, 0) is 106 Å². The normalized spacial score (nSPS) is 23.2. The molecule has 8 heteroatoms. The Morgan fingerprint density at radius 1 is 0.906 bits per heavy atom. The van der Waals surface area contributed by atoms with Crippen LogP contribution in [0.15, 0.2) is 24.3 Å². The lowest BCUT2D eigenvalue weighted by atomic mass is 9.49. The Labute approximate surface area is 326 Å². The summed E-state index contributed by atoms with van der Waals surface area (Å²) in [7, 11) is 0. The molecule has 0 aliphatic heterocycles. The van der Waals surface area contributed by atoms with Gasteiger partial charge in [0, 0.05) is 25.2 Å². The first-order valence-electron chi connectivity index (χ1n) is 20.5. The number of hydrogen-bond acceptors (Lipinski definition) is 6. The summed E-state index contributed by atoms with van der Waals surface area (Å²) >= 11 is 0. The Bertz CT molecular complexity index is 1210. The maximum absolute atomic E-state index is 14.7. The molecule has 1 aliphatic carbocycles. The first-order valence-corrected chi connectivity index (χ1v) is 20.5. The van der Waals surface area contributed by atoms with Crippen molar-refractivity contribution < 1.29 is 28.9 Å². The number of carboxylic acids is 1. The number of amides is 1. The fourth-order valence-corrected chi connectivity index (χ4v) is 8.20. The molecule has 0 spiro atoms. The highest BCUT2D eigenvalue weighted by molar-refractivity contribution is 5.86. The fraction of sp³-hybridized carbons (Fsp3) is 0.867. The smallest absolute Gasteiger partial charge is 0.307 e. The molecule has 0 radical (unpaired) electrons. The molecule has 53 heavy (non-hydrogen) atoms. The van der Waals surface area contributed by atoms with Gasteiger partial charge in [-0.1, -0.05) is 107 Å². The molecule has 7 unspecified atom stereocenters. The minimum atomic E-state index is -0.969. The molecule has 1 amide bonds. The van der Waals surface area contributed by atoms with E-state index < -0.39 is 39.7 Å². The molecule has 8 nitrogen and oxygen atoms in total. The van der Waals surface area contributed by atoms with Crippen molar-refractivity contribution in [3.63, 3.8) is 0 Å². The lowest BCUT2D eigenvalue weighted by Gasteiger charge is -2.55. The lowest BCUT2D eigenvalue weighted by molar-refractivity contribution is -0.165. The first-order chi connectivity index (χ1) is 24.1. The van der Waals surface area contributed by atoms with Gasteiger partial charge < -0.3 is 30.4 Å². The maximum Gasteiger partial charge on any atom is 0.307 e. The van der Waals surface area contributed by atoms with Crippen molar-refractivity contribution in [3.8, 4) is 0 Å². The maximum atomic E-state index is 14.7. The van der Waals surface area contributed by atoms with E-state index in [0.29, 0.717) is 26.4 Å². The second kappa shape index (κ2) is 19.4. The van der Waals surface area contributed by atoms with Gasteiger partial charge in [-0.3, -0.25) is 9.59 Å². The zero-order valence-electron chi connectivity index (χ0n) is 37.3. The van der Waals surface area contributed by atoms with Gasteiger partial charge in [0.25, 0.3) is 0 Å². The third-order valence-electron chi connectivity index (χ3n) is 13.8.